The quantitative estimate of drug-likeness (QED) is 0.760. The van der Waals surface area contributed by atoms with Crippen molar-refractivity contribution in [2.24, 2.45) is 0 Å². The second-order valence-corrected chi connectivity index (χ2v) is 4.16. The Labute approximate surface area is 90.7 Å². The van der Waals surface area contributed by atoms with E-state index in [4.69, 9.17) is 10.00 Å². The number of hydrogen-bond donors (Lipinski definition) is 0. The van der Waals surface area contributed by atoms with Gasteiger partial charge in [0.25, 0.3) is 0 Å². The zero-order valence-electron chi connectivity index (χ0n) is 9.66. The highest BCUT2D eigenvalue weighted by atomic mass is 16.5. The lowest BCUT2D eigenvalue weighted by Gasteiger charge is -2.24. The van der Waals surface area contributed by atoms with Crippen molar-refractivity contribution in [2.45, 2.75) is 39.7 Å². The SMILES string of the molecule is CCC(C)(C)Oc1cc(C#N)cc(C)n1. The molecule has 0 aliphatic rings. The molecule has 3 nitrogen and oxygen atoms in total. The van der Waals surface area contributed by atoms with Gasteiger partial charge >= 0.3 is 0 Å². The van der Waals surface area contributed by atoms with Crippen LogP contribution in [0.2, 0.25) is 0 Å². The van der Waals surface area contributed by atoms with Crippen molar-refractivity contribution >= 4 is 0 Å². The van der Waals surface area contributed by atoms with Crippen molar-refractivity contribution in [3.63, 3.8) is 0 Å². The second kappa shape index (κ2) is 4.31. The van der Waals surface area contributed by atoms with Gasteiger partial charge in [0.2, 0.25) is 5.88 Å². The van der Waals surface area contributed by atoms with E-state index in [-0.39, 0.29) is 5.60 Å². The lowest BCUT2D eigenvalue weighted by Crippen LogP contribution is -2.27. The van der Waals surface area contributed by atoms with Crippen LogP contribution in [-0.2, 0) is 0 Å². The first-order valence-corrected chi connectivity index (χ1v) is 5.04. The third kappa shape index (κ3) is 3.25. The summed E-state index contributed by atoms with van der Waals surface area (Å²) in [6.45, 7) is 7.92. The summed E-state index contributed by atoms with van der Waals surface area (Å²) in [5, 5.41) is 8.81. The highest BCUT2D eigenvalue weighted by Gasteiger charge is 2.17. The Kier molecular flexibility index (Phi) is 3.31. The molecule has 1 aromatic rings. The fourth-order valence-electron chi connectivity index (χ4n) is 1.11. The predicted octanol–water partition coefficient (Wildman–Crippen LogP) is 2.83. The van der Waals surface area contributed by atoms with Gasteiger partial charge in [-0.15, -0.1) is 0 Å². The standard InChI is InChI=1S/C12H16N2O/c1-5-12(3,4)15-11-7-10(8-13)6-9(2)14-11/h6-7H,5H2,1-4H3. The number of nitriles is 1. The lowest BCUT2D eigenvalue weighted by molar-refractivity contribution is 0.0988. The van der Waals surface area contributed by atoms with E-state index in [1.807, 2.05) is 20.8 Å². The molecule has 0 amide bonds. The Balaban J connectivity index is 2.96. The average Bonchev–Trinajstić information content (AvgIpc) is 2.16. The van der Waals surface area contributed by atoms with Gasteiger partial charge in [0.1, 0.15) is 5.60 Å². The van der Waals surface area contributed by atoms with Crippen LogP contribution in [0.4, 0.5) is 0 Å². The summed E-state index contributed by atoms with van der Waals surface area (Å²) in [7, 11) is 0. The molecule has 1 rings (SSSR count). The van der Waals surface area contributed by atoms with Gasteiger partial charge in [-0.3, -0.25) is 0 Å². The van der Waals surface area contributed by atoms with Crippen LogP contribution in [0.3, 0.4) is 0 Å². The molecule has 0 atom stereocenters. The summed E-state index contributed by atoms with van der Waals surface area (Å²) in [6, 6.07) is 5.50. The topological polar surface area (TPSA) is 45.9 Å². The van der Waals surface area contributed by atoms with Crippen LogP contribution in [0.15, 0.2) is 12.1 Å². The van der Waals surface area contributed by atoms with Gasteiger partial charge in [-0.05, 0) is 33.3 Å². The first kappa shape index (κ1) is 11.5. The molecule has 3 heteroatoms. The van der Waals surface area contributed by atoms with E-state index < -0.39 is 0 Å². The Morgan fingerprint density at radius 2 is 2.13 bits per heavy atom. The van der Waals surface area contributed by atoms with Gasteiger partial charge in [-0.25, -0.2) is 4.98 Å². The largest absolute Gasteiger partial charge is 0.472 e. The summed E-state index contributed by atoms with van der Waals surface area (Å²) < 4.78 is 5.71. The Morgan fingerprint density at radius 1 is 1.47 bits per heavy atom. The molecular formula is C12H16N2O. The van der Waals surface area contributed by atoms with E-state index in [1.54, 1.807) is 12.1 Å². The Morgan fingerprint density at radius 3 is 2.67 bits per heavy atom. The molecule has 0 N–H and O–H groups in total. The van der Waals surface area contributed by atoms with Crippen LogP contribution >= 0.6 is 0 Å². The van der Waals surface area contributed by atoms with Gasteiger partial charge in [0.05, 0.1) is 11.6 Å². The first-order chi connectivity index (χ1) is 6.96. The smallest absolute Gasteiger partial charge is 0.215 e. The van der Waals surface area contributed by atoms with E-state index in [1.165, 1.54) is 0 Å². The molecule has 0 unspecified atom stereocenters. The summed E-state index contributed by atoms with van der Waals surface area (Å²) in [5.41, 5.74) is 1.15. The number of aryl methyl sites for hydroxylation is 1. The van der Waals surface area contributed by atoms with Crippen LogP contribution < -0.4 is 4.74 Å². The number of pyridine rings is 1. The molecule has 1 heterocycles. The zero-order chi connectivity index (χ0) is 11.5. The van der Waals surface area contributed by atoms with Crippen LogP contribution in [0, 0.1) is 18.3 Å². The first-order valence-electron chi connectivity index (χ1n) is 5.04. The van der Waals surface area contributed by atoms with E-state index in [0.717, 1.165) is 12.1 Å². The molecule has 80 valence electrons. The molecule has 0 saturated heterocycles. The van der Waals surface area contributed by atoms with E-state index in [0.29, 0.717) is 11.4 Å². The molecule has 0 aliphatic heterocycles. The number of aromatic nitrogens is 1. The summed E-state index contributed by atoms with van der Waals surface area (Å²) in [4.78, 5) is 4.24. The molecule has 1 aromatic heterocycles. The maximum absolute atomic E-state index is 8.81. The van der Waals surface area contributed by atoms with Crippen LogP contribution in [0.5, 0.6) is 5.88 Å². The average molecular weight is 204 g/mol. The van der Waals surface area contributed by atoms with Crippen LogP contribution in [-0.4, -0.2) is 10.6 Å². The Hall–Kier alpha value is -1.56. The zero-order valence-corrected chi connectivity index (χ0v) is 9.66. The molecule has 15 heavy (non-hydrogen) atoms. The van der Waals surface area contributed by atoms with Gasteiger partial charge in [0.15, 0.2) is 0 Å². The maximum Gasteiger partial charge on any atom is 0.215 e. The van der Waals surface area contributed by atoms with Crippen molar-refractivity contribution in [1.29, 1.82) is 5.26 Å². The van der Waals surface area contributed by atoms with E-state index in [9.17, 15) is 0 Å². The van der Waals surface area contributed by atoms with Gasteiger partial charge in [0, 0.05) is 11.8 Å². The fourth-order valence-corrected chi connectivity index (χ4v) is 1.11. The fraction of sp³-hybridized carbons (Fsp3) is 0.500. The highest BCUT2D eigenvalue weighted by Crippen LogP contribution is 2.20. The number of hydrogen-bond acceptors (Lipinski definition) is 3. The maximum atomic E-state index is 8.81. The van der Waals surface area contributed by atoms with Crippen molar-refractivity contribution < 1.29 is 4.74 Å². The minimum atomic E-state index is -0.243. The Bertz CT molecular complexity index is 391. The van der Waals surface area contributed by atoms with Crippen molar-refractivity contribution in [3.05, 3.63) is 23.4 Å². The third-order valence-electron chi connectivity index (χ3n) is 2.29. The molecule has 0 bridgehead atoms. The molecule has 0 aromatic carbocycles. The summed E-state index contributed by atoms with van der Waals surface area (Å²) >= 11 is 0. The van der Waals surface area contributed by atoms with Gasteiger partial charge < -0.3 is 4.74 Å². The van der Waals surface area contributed by atoms with Gasteiger partial charge in [-0.2, -0.15) is 5.26 Å². The summed E-state index contributed by atoms with van der Waals surface area (Å²) in [6.07, 6.45) is 0.893. The number of nitrogens with zero attached hydrogens (tertiary/aromatic N) is 2. The lowest BCUT2D eigenvalue weighted by atomic mass is 10.1. The monoisotopic (exact) mass is 204 g/mol. The van der Waals surface area contributed by atoms with Crippen molar-refractivity contribution in [3.8, 4) is 11.9 Å². The number of rotatable bonds is 3. The molecule has 0 aliphatic carbocycles. The minimum Gasteiger partial charge on any atom is -0.472 e. The van der Waals surface area contributed by atoms with Crippen LogP contribution in [0.25, 0.3) is 0 Å². The predicted molar refractivity (Wildman–Crippen MR) is 58.7 cm³/mol. The third-order valence-corrected chi connectivity index (χ3v) is 2.29. The molecule has 0 saturated carbocycles. The van der Waals surface area contributed by atoms with E-state index in [2.05, 4.69) is 18.0 Å². The minimum absolute atomic E-state index is 0.243. The van der Waals surface area contributed by atoms with Crippen molar-refractivity contribution in [1.82, 2.24) is 4.98 Å². The molecule has 0 fully saturated rings. The van der Waals surface area contributed by atoms with E-state index >= 15 is 0 Å². The molecule has 0 spiro atoms. The molecular weight excluding hydrogens is 188 g/mol. The summed E-state index contributed by atoms with van der Waals surface area (Å²) in [5.74, 6) is 0.526. The van der Waals surface area contributed by atoms with Crippen LogP contribution in [0.1, 0.15) is 38.4 Å². The normalized spacial score (nSPS) is 10.9. The van der Waals surface area contributed by atoms with Gasteiger partial charge in [-0.1, -0.05) is 6.92 Å². The second-order valence-electron chi connectivity index (χ2n) is 4.16. The highest BCUT2D eigenvalue weighted by molar-refractivity contribution is 5.34. The van der Waals surface area contributed by atoms with Crippen molar-refractivity contribution in [2.75, 3.05) is 0 Å². The number of ether oxygens (including phenoxy) is 1. The molecule has 0 radical (unpaired) electrons.